The van der Waals surface area contributed by atoms with E-state index < -0.39 is 0 Å². The van der Waals surface area contributed by atoms with Crippen molar-refractivity contribution in [1.82, 2.24) is 14.9 Å². The molecule has 3 rings (SSSR count). The lowest BCUT2D eigenvalue weighted by Crippen LogP contribution is -2.24. The predicted molar refractivity (Wildman–Crippen MR) is 99.6 cm³/mol. The third-order valence-electron chi connectivity index (χ3n) is 3.60. The van der Waals surface area contributed by atoms with E-state index in [-0.39, 0.29) is 5.91 Å². The number of thioether (sulfide) groups is 1. The van der Waals surface area contributed by atoms with Crippen molar-refractivity contribution in [1.29, 1.82) is 0 Å². The molecule has 5 nitrogen and oxygen atoms in total. The molecule has 3 aromatic rings. The van der Waals surface area contributed by atoms with Gasteiger partial charge >= 0.3 is 0 Å². The van der Waals surface area contributed by atoms with Gasteiger partial charge in [-0.25, -0.2) is 4.98 Å². The van der Waals surface area contributed by atoms with Gasteiger partial charge in [-0.2, -0.15) is 0 Å². The first-order valence-electron chi connectivity index (χ1n) is 7.91. The molecule has 0 spiro atoms. The average molecular weight is 376 g/mol. The molecule has 7 heteroatoms. The van der Waals surface area contributed by atoms with Crippen molar-refractivity contribution in [2.45, 2.75) is 25.2 Å². The summed E-state index contributed by atoms with van der Waals surface area (Å²) in [6.07, 6.45) is 3.65. The summed E-state index contributed by atoms with van der Waals surface area (Å²) in [5.74, 6) is 1.72. The zero-order valence-corrected chi connectivity index (χ0v) is 15.3. The SMILES string of the molecule is CCn1ccnc1SCC(=O)NCc1ccc(-c2ccc(Cl)cc2)o1. The molecular formula is C18H18ClN3O2S. The highest BCUT2D eigenvalue weighted by atomic mass is 35.5. The largest absolute Gasteiger partial charge is 0.459 e. The lowest BCUT2D eigenvalue weighted by Gasteiger charge is -2.05. The van der Waals surface area contributed by atoms with Crippen LogP contribution in [0.2, 0.25) is 5.02 Å². The number of carbonyl (C=O) groups is 1. The molecule has 1 N–H and O–H groups in total. The highest BCUT2D eigenvalue weighted by molar-refractivity contribution is 7.99. The van der Waals surface area contributed by atoms with Crippen LogP contribution < -0.4 is 5.32 Å². The minimum atomic E-state index is -0.0555. The number of hydrogen-bond acceptors (Lipinski definition) is 4. The van der Waals surface area contributed by atoms with Gasteiger partial charge in [0.25, 0.3) is 0 Å². The van der Waals surface area contributed by atoms with E-state index >= 15 is 0 Å². The third-order valence-corrected chi connectivity index (χ3v) is 4.86. The molecule has 0 aliphatic rings. The highest BCUT2D eigenvalue weighted by Crippen LogP contribution is 2.23. The zero-order valence-electron chi connectivity index (χ0n) is 13.7. The van der Waals surface area contributed by atoms with Crippen LogP contribution in [-0.4, -0.2) is 21.2 Å². The number of furan rings is 1. The number of carbonyl (C=O) groups excluding carboxylic acids is 1. The quantitative estimate of drug-likeness (QED) is 0.628. The summed E-state index contributed by atoms with van der Waals surface area (Å²) < 4.78 is 7.77. The van der Waals surface area contributed by atoms with Gasteiger partial charge in [0.15, 0.2) is 5.16 Å². The van der Waals surface area contributed by atoms with Gasteiger partial charge in [0, 0.05) is 29.5 Å². The molecule has 0 saturated carbocycles. The van der Waals surface area contributed by atoms with Crippen LogP contribution in [0, 0.1) is 0 Å². The number of halogens is 1. The number of imidazole rings is 1. The van der Waals surface area contributed by atoms with Crippen LogP contribution >= 0.6 is 23.4 Å². The Balaban J connectivity index is 1.50. The average Bonchev–Trinajstić information content (AvgIpc) is 3.27. The fourth-order valence-electron chi connectivity index (χ4n) is 2.29. The van der Waals surface area contributed by atoms with E-state index in [1.54, 1.807) is 6.20 Å². The van der Waals surface area contributed by atoms with Gasteiger partial charge < -0.3 is 14.3 Å². The number of rotatable bonds is 7. The van der Waals surface area contributed by atoms with E-state index in [4.69, 9.17) is 16.0 Å². The van der Waals surface area contributed by atoms with Gasteiger partial charge in [0.2, 0.25) is 5.91 Å². The molecule has 130 valence electrons. The second-order valence-electron chi connectivity index (χ2n) is 5.33. The minimum Gasteiger partial charge on any atom is -0.459 e. The Hall–Kier alpha value is -2.18. The molecule has 25 heavy (non-hydrogen) atoms. The van der Waals surface area contributed by atoms with Crippen molar-refractivity contribution in [3.8, 4) is 11.3 Å². The number of benzene rings is 1. The molecule has 0 radical (unpaired) electrons. The number of amides is 1. The van der Waals surface area contributed by atoms with Crippen LogP contribution in [0.15, 0.2) is 58.4 Å². The molecular weight excluding hydrogens is 358 g/mol. The molecule has 1 aromatic carbocycles. The zero-order chi connectivity index (χ0) is 17.6. The fraction of sp³-hybridized carbons (Fsp3) is 0.222. The molecule has 1 amide bonds. The molecule has 2 heterocycles. The Kier molecular flexibility index (Phi) is 5.83. The molecule has 0 atom stereocenters. The summed E-state index contributed by atoms with van der Waals surface area (Å²) in [4.78, 5) is 16.2. The van der Waals surface area contributed by atoms with E-state index in [2.05, 4.69) is 10.3 Å². The monoisotopic (exact) mass is 375 g/mol. The number of nitrogens with one attached hydrogen (secondary N) is 1. The Morgan fingerprint density at radius 1 is 1.28 bits per heavy atom. The van der Waals surface area contributed by atoms with Crippen molar-refractivity contribution in [2.24, 2.45) is 0 Å². The summed E-state index contributed by atoms with van der Waals surface area (Å²) in [5.41, 5.74) is 0.948. The Bertz CT molecular complexity index is 842. The maximum absolute atomic E-state index is 12.0. The Morgan fingerprint density at radius 3 is 2.84 bits per heavy atom. The molecule has 0 aliphatic heterocycles. The Labute approximate surface area is 155 Å². The van der Waals surface area contributed by atoms with Gasteiger partial charge in [-0.3, -0.25) is 4.79 Å². The maximum Gasteiger partial charge on any atom is 0.230 e. The smallest absolute Gasteiger partial charge is 0.230 e. The van der Waals surface area contributed by atoms with Crippen LogP contribution in [0.25, 0.3) is 11.3 Å². The third kappa shape index (κ3) is 4.67. The van der Waals surface area contributed by atoms with Gasteiger partial charge in [0.1, 0.15) is 11.5 Å². The van der Waals surface area contributed by atoms with Gasteiger partial charge in [-0.15, -0.1) is 0 Å². The van der Waals surface area contributed by atoms with Crippen LogP contribution in [0.4, 0.5) is 0 Å². The molecule has 0 fully saturated rings. The van der Waals surface area contributed by atoms with E-state index in [0.717, 1.165) is 23.0 Å². The van der Waals surface area contributed by atoms with E-state index in [9.17, 15) is 4.79 Å². The lowest BCUT2D eigenvalue weighted by atomic mass is 10.2. The standard InChI is InChI=1S/C18H18ClN3O2S/c1-2-22-10-9-20-18(22)25-12-17(23)21-11-15-7-8-16(24-15)13-3-5-14(19)6-4-13/h3-10H,2,11-12H2,1H3,(H,21,23). The topological polar surface area (TPSA) is 60.1 Å². The first-order chi connectivity index (χ1) is 12.2. The van der Waals surface area contributed by atoms with Crippen molar-refractivity contribution >= 4 is 29.3 Å². The Morgan fingerprint density at radius 2 is 2.08 bits per heavy atom. The van der Waals surface area contributed by atoms with Crippen LogP contribution in [0.1, 0.15) is 12.7 Å². The van der Waals surface area contributed by atoms with Gasteiger partial charge in [0.05, 0.1) is 12.3 Å². The maximum atomic E-state index is 12.0. The lowest BCUT2D eigenvalue weighted by molar-refractivity contribution is -0.118. The van der Waals surface area contributed by atoms with Crippen LogP contribution in [-0.2, 0) is 17.9 Å². The predicted octanol–water partition coefficient (Wildman–Crippen LogP) is 4.22. The minimum absolute atomic E-state index is 0.0555. The normalized spacial score (nSPS) is 10.8. The number of hydrogen-bond donors (Lipinski definition) is 1. The van der Waals surface area contributed by atoms with Crippen LogP contribution in [0.5, 0.6) is 0 Å². The van der Waals surface area contributed by atoms with Crippen molar-refractivity contribution < 1.29 is 9.21 Å². The van der Waals surface area contributed by atoms with E-state index in [1.165, 1.54) is 11.8 Å². The summed E-state index contributed by atoms with van der Waals surface area (Å²) in [6.45, 7) is 3.24. The first kappa shape index (κ1) is 17.6. The summed E-state index contributed by atoms with van der Waals surface area (Å²) >= 11 is 7.31. The van der Waals surface area contributed by atoms with Crippen LogP contribution in [0.3, 0.4) is 0 Å². The summed E-state index contributed by atoms with van der Waals surface area (Å²) in [5, 5.41) is 4.39. The summed E-state index contributed by atoms with van der Waals surface area (Å²) in [7, 11) is 0. The van der Waals surface area contributed by atoms with E-state index in [1.807, 2.05) is 54.1 Å². The molecule has 0 unspecified atom stereocenters. The van der Waals surface area contributed by atoms with Crippen molar-refractivity contribution in [3.05, 3.63) is 59.6 Å². The second kappa shape index (κ2) is 8.27. The van der Waals surface area contributed by atoms with Gasteiger partial charge in [-0.05, 0) is 43.3 Å². The van der Waals surface area contributed by atoms with Crippen molar-refractivity contribution in [2.75, 3.05) is 5.75 Å². The number of aryl methyl sites for hydroxylation is 1. The summed E-state index contributed by atoms with van der Waals surface area (Å²) in [6, 6.07) is 11.2. The van der Waals surface area contributed by atoms with Gasteiger partial charge in [-0.1, -0.05) is 23.4 Å². The molecule has 0 saturated heterocycles. The highest BCUT2D eigenvalue weighted by Gasteiger charge is 2.09. The fourth-order valence-corrected chi connectivity index (χ4v) is 3.26. The number of aromatic nitrogens is 2. The molecule has 0 aliphatic carbocycles. The molecule has 2 aromatic heterocycles. The number of nitrogens with zero attached hydrogens (tertiary/aromatic N) is 2. The van der Waals surface area contributed by atoms with Crippen molar-refractivity contribution in [3.63, 3.8) is 0 Å². The first-order valence-corrected chi connectivity index (χ1v) is 9.27. The molecule has 0 bridgehead atoms. The van der Waals surface area contributed by atoms with E-state index in [0.29, 0.717) is 23.1 Å². The second-order valence-corrected chi connectivity index (χ2v) is 6.71.